The Morgan fingerprint density at radius 1 is 0.750 bits per heavy atom. The monoisotopic (exact) mass is 356 g/mol. The molecule has 20 heavy (non-hydrogen) atoms. The molecule has 0 atom stereocenters. The molecule has 0 aromatic rings. The van der Waals surface area contributed by atoms with E-state index in [1.54, 1.807) is 0 Å². The maximum Gasteiger partial charge on any atom is 2.00 e. The Hall–Kier alpha value is 0.680. The molecule has 0 saturated carbocycles. The molecule has 0 radical (unpaired) electrons. The van der Waals surface area contributed by atoms with E-state index in [1.807, 2.05) is 20.8 Å². The molecule has 0 unspecified atom stereocenters. The van der Waals surface area contributed by atoms with E-state index in [-0.39, 0.29) is 25.0 Å². The van der Waals surface area contributed by atoms with Gasteiger partial charge in [0, 0.05) is 36.5 Å². The van der Waals surface area contributed by atoms with E-state index in [2.05, 4.69) is 0 Å². The molecule has 0 aliphatic carbocycles. The number of hydrogen-bond donors (Lipinski definition) is 0. The first kappa shape index (κ1) is 25.6. The number of hydrogen-bond acceptors (Lipinski definition) is 3. The van der Waals surface area contributed by atoms with Crippen molar-refractivity contribution in [2.24, 2.45) is 0 Å². The minimum absolute atomic E-state index is 0. The van der Waals surface area contributed by atoms with Crippen LogP contribution in [0.25, 0.3) is 0 Å². The first-order valence-corrected chi connectivity index (χ1v) is 9.07. The van der Waals surface area contributed by atoms with E-state index in [0.29, 0.717) is 19.8 Å². The molecule has 118 valence electrons. The van der Waals surface area contributed by atoms with Crippen LogP contribution >= 0.6 is 0 Å². The van der Waals surface area contributed by atoms with Crippen LogP contribution in [0.5, 0.6) is 0 Å². The van der Waals surface area contributed by atoms with Crippen molar-refractivity contribution in [1.29, 1.82) is 0 Å². The first-order chi connectivity index (χ1) is 8.74. The van der Waals surface area contributed by atoms with Crippen LogP contribution in [0.4, 0.5) is 0 Å². The maximum atomic E-state index is 5.70. The normalized spacial score (nSPS) is 10.9. The minimum Gasteiger partial charge on any atom is -2.00 e. The van der Waals surface area contributed by atoms with Crippen LogP contribution in [-0.2, 0) is 39.2 Å². The van der Waals surface area contributed by atoms with Crippen LogP contribution in [-0.4, -0.2) is 36.0 Å². The van der Waals surface area contributed by atoms with Gasteiger partial charge in [0.15, 0.2) is 0 Å². The van der Waals surface area contributed by atoms with Gasteiger partial charge in [-0.15, -0.1) is 0 Å². The van der Waals surface area contributed by atoms with Crippen LogP contribution in [0.1, 0.15) is 59.3 Å². The third-order valence-corrected chi connectivity index (χ3v) is 3.64. The predicted octanol–water partition coefficient (Wildman–Crippen LogP) is 2.75. The van der Waals surface area contributed by atoms with Gasteiger partial charge >= 0.3 is 19.5 Å². The zero-order valence-corrected chi connectivity index (χ0v) is 18.9. The molecule has 4 nitrogen and oxygen atoms in total. The fraction of sp³-hybridized carbons (Fsp3) is 1.00. The van der Waals surface area contributed by atoms with Crippen molar-refractivity contribution in [3.63, 3.8) is 0 Å². The summed E-state index contributed by atoms with van der Waals surface area (Å²) >= 11 is 0. The van der Waals surface area contributed by atoms with Crippen molar-refractivity contribution >= 4 is 10.2 Å². The molecular formula is C14H32O4SiZn. The molecule has 0 fully saturated rings. The zero-order chi connectivity index (χ0) is 13.7. The van der Waals surface area contributed by atoms with Crippen molar-refractivity contribution < 1.29 is 39.2 Å². The van der Waals surface area contributed by atoms with Gasteiger partial charge in [-0.1, -0.05) is 31.7 Å². The molecule has 0 heterocycles. The summed E-state index contributed by atoms with van der Waals surface area (Å²) in [5.74, 6) is -0.796. The molecule has 0 N–H and O–H groups in total. The summed E-state index contributed by atoms with van der Waals surface area (Å²) in [7, 11) is 1.34. The zero-order valence-electron chi connectivity index (χ0n) is 13.9. The van der Waals surface area contributed by atoms with E-state index in [4.69, 9.17) is 14.2 Å². The molecule has 0 aromatic heterocycles. The summed E-state index contributed by atoms with van der Waals surface area (Å²) in [4.78, 5) is 0. The molecule has 0 saturated heterocycles. The number of unbranched alkanes of at least 4 members (excludes halogenated alkanes) is 4. The van der Waals surface area contributed by atoms with Crippen LogP contribution in [0.2, 0.25) is 6.04 Å². The van der Waals surface area contributed by atoms with Crippen LogP contribution < -0.4 is 0 Å². The topological polar surface area (TPSA) is 56.2 Å². The standard InChI is InChI=1S/C14H32O3Si.O.Zn/c1-4-15-14(16-5-2,17-6-3)12-10-8-7-9-11-13-18;;/h4-13H2,1-3,18H3;;/q;-2;+2. The van der Waals surface area contributed by atoms with Gasteiger partial charge in [0.2, 0.25) is 0 Å². The van der Waals surface area contributed by atoms with E-state index in [9.17, 15) is 0 Å². The molecular weight excluding hydrogens is 326 g/mol. The Balaban J connectivity index is -0.00000144. The predicted molar refractivity (Wildman–Crippen MR) is 80.7 cm³/mol. The number of ether oxygens (including phenoxy) is 3. The summed E-state index contributed by atoms with van der Waals surface area (Å²) < 4.78 is 17.1. The van der Waals surface area contributed by atoms with Gasteiger partial charge in [-0.05, 0) is 27.2 Å². The number of rotatable bonds is 13. The molecule has 0 aliphatic heterocycles. The summed E-state index contributed by atoms with van der Waals surface area (Å²) in [5, 5.41) is 0. The van der Waals surface area contributed by atoms with Crippen LogP contribution in [0.3, 0.4) is 0 Å². The van der Waals surface area contributed by atoms with E-state index in [0.717, 1.165) is 12.8 Å². The molecule has 0 rings (SSSR count). The van der Waals surface area contributed by atoms with Crippen molar-refractivity contribution in [3.8, 4) is 0 Å². The Morgan fingerprint density at radius 2 is 1.15 bits per heavy atom. The first-order valence-electron chi connectivity index (χ1n) is 7.66. The molecule has 0 spiro atoms. The molecule has 0 amide bonds. The summed E-state index contributed by atoms with van der Waals surface area (Å²) in [5.41, 5.74) is 0. The van der Waals surface area contributed by atoms with E-state index in [1.165, 1.54) is 42.0 Å². The van der Waals surface area contributed by atoms with Crippen molar-refractivity contribution in [1.82, 2.24) is 0 Å². The second kappa shape index (κ2) is 17.7. The Kier molecular flexibility index (Phi) is 22.7. The Labute approximate surface area is 140 Å². The Morgan fingerprint density at radius 3 is 1.55 bits per heavy atom. The van der Waals surface area contributed by atoms with Crippen molar-refractivity contribution in [2.75, 3.05) is 19.8 Å². The Bertz CT molecular complexity index is 168. The smallest absolute Gasteiger partial charge is 2.00 e. The third-order valence-electron chi connectivity index (χ3n) is 2.93. The van der Waals surface area contributed by atoms with Gasteiger partial charge in [-0.2, -0.15) is 0 Å². The molecule has 0 aromatic carbocycles. The van der Waals surface area contributed by atoms with Crippen molar-refractivity contribution in [2.45, 2.75) is 71.3 Å². The quantitative estimate of drug-likeness (QED) is 0.289. The summed E-state index contributed by atoms with van der Waals surface area (Å²) in [6.45, 7) is 7.83. The SMILES string of the molecule is CCOC(CCCCCCC[SiH3])(OCC)OCC.[O-2].[Zn+2]. The maximum absolute atomic E-state index is 5.70. The van der Waals surface area contributed by atoms with E-state index >= 15 is 0 Å². The molecule has 0 aliphatic rings. The van der Waals surface area contributed by atoms with Crippen LogP contribution in [0, 0.1) is 0 Å². The van der Waals surface area contributed by atoms with Gasteiger partial charge in [-0.25, -0.2) is 0 Å². The van der Waals surface area contributed by atoms with E-state index < -0.39 is 5.97 Å². The fourth-order valence-electron chi connectivity index (χ4n) is 2.12. The average Bonchev–Trinajstić information content (AvgIpc) is 2.35. The summed E-state index contributed by atoms with van der Waals surface area (Å²) in [6, 6.07) is 1.43. The van der Waals surface area contributed by atoms with Crippen molar-refractivity contribution in [3.05, 3.63) is 0 Å². The summed E-state index contributed by atoms with van der Waals surface area (Å²) in [6.07, 6.45) is 7.29. The van der Waals surface area contributed by atoms with Gasteiger partial charge < -0.3 is 19.7 Å². The minimum atomic E-state index is -0.796. The van der Waals surface area contributed by atoms with Gasteiger partial charge in [0.05, 0.1) is 0 Å². The molecule has 0 bridgehead atoms. The van der Waals surface area contributed by atoms with Gasteiger partial charge in [0.1, 0.15) is 0 Å². The van der Waals surface area contributed by atoms with Gasteiger partial charge in [0.25, 0.3) is 5.97 Å². The second-order valence-corrected chi connectivity index (χ2v) is 5.50. The van der Waals surface area contributed by atoms with Crippen LogP contribution in [0.15, 0.2) is 0 Å². The second-order valence-electron chi connectivity index (χ2n) is 4.50. The average molecular weight is 358 g/mol. The molecule has 6 heteroatoms. The fourth-order valence-corrected chi connectivity index (χ4v) is 2.62. The third kappa shape index (κ3) is 12.4. The van der Waals surface area contributed by atoms with Gasteiger partial charge in [-0.3, -0.25) is 0 Å². The largest absolute Gasteiger partial charge is 2.00 e.